The predicted octanol–water partition coefficient (Wildman–Crippen LogP) is 1.90. The number of rotatable bonds is 6. The van der Waals surface area contributed by atoms with E-state index in [0.717, 1.165) is 49.5 Å². The van der Waals surface area contributed by atoms with Crippen LogP contribution in [0.3, 0.4) is 0 Å². The van der Waals surface area contributed by atoms with E-state index in [4.69, 9.17) is 15.9 Å². The smallest absolute Gasteiger partial charge is 0.222 e. The number of aryl methyl sites for hydroxylation is 1. The van der Waals surface area contributed by atoms with Crippen molar-refractivity contribution in [1.29, 1.82) is 0 Å². The van der Waals surface area contributed by atoms with Crippen LogP contribution in [0.5, 0.6) is 0 Å². The Morgan fingerprint density at radius 3 is 2.90 bits per heavy atom. The molecule has 0 spiro atoms. The molecule has 0 bridgehead atoms. The maximum atomic E-state index is 5.83. The lowest BCUT2D eigenvalue weighted by atomic mass is 9.78. The molecule has 0 aromatic carbocycles. The topological polar surface area (TPSA) is 103 Å². The van der Waals surface area contributed by atoms with E-state index in [1.807, 2.05) is 18.2 Å². The first-order valence-corrected chi connectivity index (χ1v) is 7.37. The highest BCUT2D eigenvalue weighted by Crippen LogP contribution is 2.35. The van der Waals surface area contributed by atoms with Gasteiger partial charge in [-0.2, -0.15) is 4.98 Å². The summed E-state index contributed by atoms with van der Waals surface area (Å²) >= 11 is 0. The molecule has 112 valence electrons. The van der Waals surface area contributed by atoms with Gasteiger partial charge in [-0.05, 0) is 31.4 Å². The van der Waals surface area contributed by atoms with Crippen LogP contribution in [0, 0.1) is 0 Å². The largest absolute Gasteiger partial charge is 0.469 e. The van der Waals surface area contributed by atoms with Gasteiger partial charge in [0.15, 0.2) is 0 Å². The number of hydrogen-bond donors (Lipinski definition) is 3. The highest BCUT2D eigenvalue weighted by Gasteiger charge is 2.29. The summed E-state index contributed by atoms with van der Waals surface area (Å²) in [6.45, 7) is 0.820. The van der Waals surface area contributed by atoms with Crippen molar-refractivity contribution in [1.82, 2.24) is 9.97 Å². The summed E-state index contributed by atoms with van der Waals surface area (Å²) in [6, 6.07) is 6.18. The van der Waals surface area contributed by atoms with Crippen LogP contribution in [0.15, 0.2) is 28.9 Å². The first kappa shape index (κ1) is 13.9. The molecule has 2 aromatic heterocycles. The van der Waals surface area contributed by atoms with Crippen molar-refractivity contribution in [2.24, 2.45) is 5.73 Å². The SMILES string of the molecule is Nc1nc(NCCCc2ccco2)cc(C2CC(N)C2)n1. The van der Waals surface area contributed by atoms with E-state index in [2.05, 4.69) is 15.3 Å². The molecule has 21 heavy (non-hydrogen) atoms. The molecule has 0 aliphatic heterocycles. The molecular formula is C15H21N5O. The zero-order chi connectivity index (χ0) is 14.7. The maximum Gasteiger partial charge on any atom is 0.222 e. The number of nitrogens with one attached hydrogen (secondary N) is 1. The van der Waals surface area contributed by atoms with E-state index < -0.39 is 0 Å². The Labute approximate surface area is 124 Å². The summed E-state index contributed by atoms with van der Waals surface area (Å²) < 4.78 is 5.30. The van der Waals surface area contributed by atoms with Gasteiger partial charge in [0.25, 0.3) is 0 Å². The Hall–Kier alpha value is -2.08. The van der Waals surface area contributed by atoms with Crippen LogP contribution in [-0.4, -0.2) is 22.6 Å². The van der Waals surface area contributed by atoms with Gasteiger partial charge in [0, 0.05) is 31.0 Å². The molecule has 3 rings (SSSR count). The Bertz CT molecular complexity index is 578. The summed E-state index contributed by atoms with van der Waals surface area (Å²) in [5, 5.41) is 3.30. The van der Waals surface area contributed by atoms with Crippen molar-refractivity contribution in [2.75, 3.05) is 17.6 Å². The average Bonchev–Trinajstić information content (AvgIpc) is 2.93. The van der Waals surface area contributed by atoms with Crippen LogP contribution in [0.25, 0.3) is 0 Å². The second-order valence-electron chi connectivity index (χ2n) is 5.57. The molecule has 1 saturated carbocycles. The number of nitrogen functional groups attached to an aromatic ring is 1. The lowest BCUT2D eigenvalue weighted by Crippen LogP contribution is -2.35. The highest BCUT2D eigenvalue weighted by molar-refractivity contribution is 5.42. The van der Waals surface area contributed by atoms with Gasteiger partial charge in [0.05, 0.1) is 12.0 Å². The molecule has 0 saturated heterocycles. The number of nitrogens with zero attached hydrogens (tertiary/aromatic N) is 2. The summed E-state index contributed by atoms with van der Waals surface area (Å²) in [5.41, 5.74) is 12.6. The van der Waals surface area contributed by atoms with E-state index in [1.54, 1.807) is 6.26 Å². The van der Waals surface area contributed by atoms with E-state index in [0.29, 0.717) is 17.9 Å². The van der Waals surface area contributed by atoms with Crippen molar-refractivity contribution in [2.45, 2.75) is 37.6 Å². The van der Waals surface area contributed by atoms with Crippen molar-refractivity contribution < 1.29 is 4.42 Å². The van der Waals surface area contributed by atoms with E-state index >= 15 is 0 Å². The Kier molecular flexibility index (Phi) is 4.06. The first-order valence-electron chi connectivity index (χ1n) is 7.37. The molecule has 1 aliphatic rings. The molecule has 0 amide bonds. The van der Waals surface area contributed by atoms with Gasteiger partial charge in [-0.1, -0.05) is 0 Å². The number of aromatic nitrogens is 2. The molecule has 6 nitrogen and oxygen atoms in total. The standard InChI is InChI=1S/C15H21N5O/c16-11-7-10(8-11)13-9-14(20-15(17)19-13)18-5-1-3-12-4-2-6-21-12/h2,4,6,9-11H,1,3,5,7-8,16H2,(H3,17,18,19,20). The molecule has 5 N–H and O–H groups in total. The zero-order valence-electron chi connectivity index (χ0n) is 12.0. The normalized spacial score (nSPS) is 21.0. The Morgan fingerprint density at radius 2 is 2.19 bits per heavy atom. The molecule has 0 unspecified atom stereocenters. The fourth-order valence-electron chi connectivity index (χ4n) is 2.62. The second kappa shape index (κ2) is 6.13. The first-order chi connectivity index (χ1) is 10.2. The summed E-state index contributed by atoms with van der Waals surface area (Å²) in [6.07, 6.45) is 5.54. The molecule has 6 heteroatoms. The minimum atomic E-state index is 0.302. The molecule has 0 atom stereocenters. The van der Waals surface area contributed by atoms with Gasteiger partial charge < -0.3 is 21.2 Å². The third-order valence-electron chi connectivity index (χ3n) is 3.84. The van der Waals surface area contributed by atoms with Gasteiger partial charge in [-0.3, -0.25) is 0 Å². The van der Waals surface area contributed by atoms with Gasteiger partial charge in [-0.15, -0.1) is 0 Å². The minimum absolute atomic E-state index is 0.302. The van der Waals surface area contributed by atoms with E-state index in [1.165, 1.54) is 0 Å². The monoisotopic (exact) mass is 287 g/mol. The molecule has 0 radical (unpaired) electrons. The average molecular weight is 287 g/mol. The van der Waals surface area contributed by atoms with E-state index in [9.17, 15) is 0 Å². The quantitative estimate of drug-likeness (QED) is 0.701. The summed E-state index contributed by atoms with van der Waals surface area (Å²) in [5.74, 6) is 2.54. The van der Waals surface area contributed by atoms with Crippen molar-refractivity contribution in [3.05, 3.63) is 35.9 Å². The fourth-order valence-corrected chi connectivity index (χ4v) is 2.62. The number of hydrogen-bond acceptors (Lipinski definition) is 6. The predicted molar refractivity (Wildman–Crippen MR) is 81.9 cm³/mol. The van der Waals surface area contributed by atoms with E-state index in [-0.39, 0.29) is 0 Å². The Balaban J connectivity index is 1.52. The third kappa shape index (κ3) is 3.52. The summed E-state index contributed by atoms with van der Waals surface area (Å²) in [4.78, 5) is 8.54. The van der Waals surface area contributed by atoms with Crippen molar-refractivity contribution >= 4 is 11.8 Å². The van der Waals surface area contributed by atoms with Crippen LogP contribution in [-0.2, 0) is 6.42 Å². The van der Waals surface area contributed by atoms with Gasteiger partial charge in [0.2, 0.25) is 5.95 Å². The number of nitrogens with two attached hydrogens (primary N) is 2. The van der Waals surface area contributed by atoms with Crippen molar-refractivity contribution in [3.63, 3.8) is 0 Å². The fraction of sp³-hybridized carbons (Fsp3) is 0.467. The van der Waals surface area contributed by atoms with Gasteiger partial charge in [-0.25, -0.2) is 4.98 Å². The van der Waals surface area contributed by atoms with Crippen LogP contribution >= 0.6 is 0 Å². The Morgan fingerprint density at radius 1 is 1.33 bits per heavy atom. The number of anilines is 2. The zero-order valence-corrected chi connectivity index (χ0v) is 12.0. The van der Waals surface area contributed by atoms with Crippen LogP contribution in [0.4, 0.5) is 11.8 Å². The highest BCUT2D eigenvalue weighted by atomic mass is 16.3. The number of furan rings is 1. The minimum Gasteiger partial charge on any atom is -0.469 e. The van der Waals surface area contributed by atoms with Gasteiger partial charge >= 0.3 is 0 Å². The molecule has 2 aromatic rings. The molecular weight excluding hydrogens is 266 g/mol. The van der Waals surface area contributed by atoms with Gasteiger partial charge in [0.1, 0.15) is 11.6 Å². The van der Waals surface area contributed by atoms with Crippen molar-refractivity contribution in [3.8, 4) is 0 Å². The maximum absolute atomic E-state index is 5.83. The summed E-state index contributed by atoms with van der Waals surface area (Å²) in [7, 11) is 0. The molecule has 1 aliphatic carbocycles. The second-order valence-corrected chi connectivity index (χ2v) is 5.57. The van der Waals surface area contributed by atoms with Crippen LogP contribution in [0.1, 0.15) is 36.6 Å². The lowest BCUT2D eigenvalue weighted by Gasteiger charge is -2.32. The molecule has 2 heterocycles. The molecule has 1 fully saturated rings. The van der Waals surface area contributed by atoms with Crippen LogP contribution in [0.2, 0.25) is 0 Å². The van der Waals surface area contributed by atoms with Crippen LogP contribution < -0.4 is 16.8 Å². The third-order valence-corrected chi connectivity index (χ3v) is 3.84. The lowest BCUT2D eigenvalue weighted by molar-refractivity contribution is 0.345.